The largest absolute Gasteiger partial charge is 0.369 e. The Balaban J connectivity index is 2.44. The Morgan fingerprint density at radius 1 is 1.53 bits per heavy atom. The maximum absolute atomic E-state index is 4.32. The summed E-state index contributed by atoms with van der Waals surface area (Å²) in [5.41, 5.74) is 1.17. The number of halogens is 1. The van der Waals surface area contributed by atoms with Crippen molar-refractivity contribution >= 4 is 21.7 Å². The lowest BCUT2D eigenvalue weighted by Gasteiger charge is -2.15. The van der Waals surface area contributed by atoms with E-state index >= 15 is 0 Å². The van der Waals surface area contributed by atoms with Crippen LogP contribution in [0.15, 0.2) is 16.7 Å². The van der Waals surface area contributed by atoms with E-state index in [4.69, 9.17) is 0 Å². The number of likely N-dealkylation sites (N-methyl/N-ethyl adjacent to an activating group) is 1. The van der Waals surface area contributed by atoms with Gasteiger partial charge in [-0.05, 0) is 48.1 Å². The summed E-state index contributed by atoms with van der Waals surface area (Å²) in [5, 5.41) is 3.33. The van der Waals surface area contributed by atoms with E-state index in [2.05, 4.69) is 58.1 Å². The number of hydrogen-bond acceptors (Lipinski definition) is 3. The van der Waals surface area contributed by atoms with E-state index in [1.54, 1.807) is 0 Å². The lowest BCUT2D eigenvalue weighted by Crippen LogP contribution is -2.25. The van der Waals surface area contributed by atoms with E-state index in [0.29, 0.717) is 0 Å². The van der Waals surface area contributed by atoms with Gasteiger partial charge in [-0.1, -0.05) is 6.92 Å². The average molecular weight is 272 g/mol. The minimum atomic E-state index is 0.930. The minimum absolute atomic E-state index is 0.930. The van der Waals surface area contributed by atoms with Crippen molar-refractivity contribution in [2.45, 2.75) is 13.8 Å². The summed E-state index contributed by atoms with van der Waals surface area (Å²) in [6.07, 6.45) is 1.82. The molecule has 1 N–H and O–H groups in total. The zero-order valence-corrected chi connectivity index (χ0v) is 11.1. The molecule has 1 aromatic rings. The van der Waals surface area contributed by atoms with Gasteiger partial charge in [-0.15, -0.1) is 0 Å². The fourth-order valence-electron chi connectivity index (χ4n) is 1.25. The Labute approximate surface area is 100 Å². The van der Waals surface area contributed by atoms with Crippen LogP contribution < -0.4 is 5.32 Å². The van der Waals surface area contributed by atoms with Crippen LogP contribution in [0.25, 0.3) is 0 Å². The molecule has 0 unspecified atom stereocenters. The van der Waals surface area contributed by atoms with Gasteiger partial charge in [0.2, 0.25) is 0 Å². The van der Waals surface area contributed by atoms with Gasteiger partial charge in [0.15, 0.2) is 0 Å². The Bertz CT molecular complexity index is 315. The molecule has 4 heteroatoms. The summed E-state index contributed by atoms with van der Waals surface area (Å²) >= 11 is 3.40. The number of anilines is 1. The first-order valence-corrected chi connectivity index (χ1v) is 5.97. The van der Waals surface area contributed by atoms with E-state index < -0.39 is 0 Å². The first kappa shape index (κ1) is 12.5. The van der Waals surface area contributed by atoms with Crippen molar-refractivity contribution in [3.63, 3.8) is 0 Å². The SMILES string of the molecule is CCN(C)CCNc1ncc(Br)cc1C. The molecule has 1 aromatic heterocycles. The Morgan fingerprint density at radius 2 is 2.27 bits per heavy atom. The molecule has 0 aromatic carbocycles. The van der Waals surface area contributed by atoms with Gasteiger partial charge in [0, 0.05) is 23.8 Å². The molecule has 0 aliphatic heterocycles. The zero-order chi connectivity index (χ0) is 11.3. The van der Waals surface area contributed by atoms with Crippen molar-refractivity contribution in [3.8, 4) is 0 Å². The van der Waals surface area contributed by atoms with Crippen LogP contribution >= 0.6 is 15.9 Å². The predicted octanol–water partition coefficient (Wildman–Crippen LogP) is 2.52. The van der Waals surface area contributed by atoms with E-state index in [1.165, 1.54) is 5.56 Å². The van der Waals surface area contributed by atoms with Gasteiger partial charge < -0.3 is 10.2 Å². The summed E-state index contributed by atoms with van der Waals surface area (Å²) in [7, 11) is 2.11. The summed E-state index contributed by atoms with van der Waals surface area (Å²) in [5.74, 6) is 0.975. The molecule has 0 atom stereocenters. The number of nitrogens with zero attached hydrogens (tertiary/aromatic N) is 2. The normalized spacial score (nSPS) is 10.7. The Morgan fingerprint density at radius 3 is 2.87 bits per heavy atom. The highest BCUT2D eigenvalue weighted by Gasteiger charge is 2.00. The van der Waals surface area contributed by atoms with Gasteiger partial charge in [0.1, 0.15) is 5.82 Å². The van der Waals surface area contributed by atoms with Crippen LogP contribution in [0.4, 0.5) is 5.82 Å². The molecule has 0 spiro atoms. The van der Waals surface area contributed by atoms with Crippen molar-refractivity contribution in [1.29, 1.82) is 0 Å². The number of hydrogen-bond donors (Lipinski definition) is 1. The van der Waals surface area contributed by atoms with Crippen molar-refractivity contribution in [3.05, 3.63) is 22.3 Å². The predicted molar refractivity (Wildman–Crippen MR) is 68.3 cm³/mol. The van der Waals surface area contributed by atoms with Crippen LogP contribution in [0.5, 0.6) is 0 Å². The number of rotatable bonds is 5. The molecule has 15 heavy (non-hydrogen) atoms. The third-order valence-corrected chi connectivity index (χ3v) is 2.80. The van der Waals surface area contributed by atoms with Crippen LogP contribution in [0.3, 0.4) is 0 Å². The first-order valence-electron chi connectivity index (χ1n) is 5.18. The molecule has 0 saturated heterocycles. The zero-order valence-electron chi connectivity index (χ0n) is 9.55. The smallest absolute Gasteiger partial charge is 0.128 e. The highest BCUT2D eigenvalue weighted by atomic mass is 79.9. The van der Waals surface area contributed by atoms with Gasteiger partial charge in [-0.2, -0.15) is 0 Å². The van der Waals surface area contributed by atoms with Crippen molar-refractivity contribution < 1.29 is 0 Å². The molecule has 0 amide bonds. The molecule has 3 nitrogen and oxygen atoms in total. The van der Waals surface area contributed by atoms with Gasteiger partial charge >= 0.3 is 0 Å². The monoisotopic (exact) mass is 271 g/mol. The fourth-order valence-corrected chi connectivity index (χ4v) is 1.69. The van der Waals surface area contributed by atoms with Crippen LogP contribution in [0.1, 0.15) is 12.5 Å². The summed E-state index contributed by atoms with van der Waals surface area (Å²) in [6, 6.07) is 2.07. The molecular formula is C11H18BrN3. The summed E-state index contributed by atoms with van der Waals surface area (Å²) in [4.78, 5) is 6.59. The topological polar surface area (TPSA) is 28.2 Å². The van der Waals surface area contributed by atoms with Crippen LogP contribution in [-0.2, 0) is 0 Å². The first-order chi connectivity index (χ1) is 7.13. The second kappa shape index (κ2) is 6.08. The van der Waals surface area contributed by atoms with E-state index in [-0.39, 0.29) is 0 Å². The van der Waals surface area contributed by atoms with Crippen molar-refractivity contribution in [2.24, 2.45) is 0 Å². The van der Waals surface area contributed by atoms with Crippen LogP contribution in [0, 0.1) is 6.92 Å². The molecule has 84 valence electrons. The third kappa shape index (κ3) is 4.18. The number of aryl methyl sites for hydroxylation is 1. The number of pyridine rings is 1. The lowest BCUT2D eigenvalue weighted by atomic mass is 10.3. The van der Waals surface area contributed by atoms with E-state index in [9.17, 15) is 0 Å². The third-order valence-electron chi connectivity index (χ3n) is 2.37. The molecular weight excluding hydrogens is 254 g/mol. The molecule has 0 bridgehead atoms. The van der Waals surface area contributed by atoms with Crippen molar-refractivity contribution in [2.75, 3.05) is 32.0 Å². The quantitative estimate of drug-likeness (QED) is 0.892. The van der Waals surface area contributed by atoms with E-state index in [0.717, 1.165) is 29.9 Å². The Kier molecular flexibility index (Phi) is 5.05. The van der Waals surface area contributed by atoms with Crippen LogP contribution in [-0.4, -0.2) is 36.6 Å². The van der Waals surface area contributed by atoms with Crippen molar-refractivity contribution in [1.82, 2.24) is 9.88 Å². The molecule has 0 aliphatic rings. The highest BCUT2D eigenvalue weighted by Crippen LogP contribution is 2.16. The molecule has 0 saturated carbocycles. The van der Waals surface area contributed by atoms with Crippen LogP contribution in [0.2, 0.25) is 0 Å². The fraction of sp³-hybridized carbons (Fsp3) is 0.545. The standard InChI is InChI=1S/C11H18BrN3/c1-4-15(3)6-5-13-11-9(2)7-10(12)8-14-11/h7-8H,4-6H2,1-3H3,(H,13,14). The molecule has 0 radical (unpaired) electrons. The van der Waals surface area contributed by atoms with Gasteiger partial charge in [0.05, 0.1) is 0 Å². The second-order valence-electron chi connectivity index (χ2n) is 3.64. The minimum Gasteiger partial charge on any atom is -0.369 e. The molecule has 1 heterocycles. The van der Waals surface area contributed by atoms with Gasteiger partial charge in [0.25, 0.3) is 0 Å². The lowest BCUT2D eigenvalue weighted by molar-refractivity contribution is 0.367. The molecule has 0 fully saturated rings. The highest BCUT2D eigenvalue weighted by molar-refractivity contribution is 9.10. The second-order valence-corrected chi connectivity index (χ2v) is 4.56. The summed E-state index contributed by atoms with van der Waals surface area (Å²) < 4.78 is 1.02. The number of aromatic nitrogens is 1. The molecule has 1 rings (SSSR count). The number of nitrogens with one attached hydrogen (secondary N) is 1. The van der Waals surface area contributed by atoms with Gasteiger partial charge in [-0.3, -0.25) is 0 Å². The van der Waals surface area contributed by atoms with Gasteiger partial charge in [-0.25, -0.2) is 4.98 Å². The summed E-state index contributed by atoms with van der Waals surface area (Å²) in [6.45, 7) is 7.26. The maximum atomic E-state index is 4.32. The maximum Gasteiger partial charge on any atom is 0.128 e. The van der Waals surface area contributed by atoms with E-state index in [1.807, 2.05) is 6.20 Å². The Hall–Kier alpha value is -0.610. The molecule has 0 aliphatic carbocycles. The average Bonchev–Trinajstić information content (AvgIpc) is 2.21.